The summed E-state index contributed by atoms with van der Waals surface area (Å²) in [5.74, 6) is 0.528. The van der Waals surface area contributed by atoms with Crippen LogP contribution in [0.5, 0.6) is 17.2 Å². The zero-order valence-electron chi connectivity index (χ0n) is 22.8. The summed E-state index contributed by atoms with van der Waals surface area (Å²) >= 11 is 0. The van der Waals surface area contributed by atoms with Gasteiger partial charge in [-0.15, -0.1) is 0 Å². The summed E-state index contributed by atoms with van der Waals surface area (Å²) in [4.78, 5) is 28.6. The summed E-state index contributed by atoms with van der Waals surface area (Å²) in [6.07, 6.45) is 0.342. The topological polar surface area (TPSA) is 114 Å². The van der Waals surface area contributed by atoms with Crippen LogP contribution in [0.3, 0.4) is 0 Å². The van der Waals surface area contributed by atoms with Crippen LogP contribution >= 0.6 is 0 Å². The fourth-order valence-corrected chi connectivity index (χ4v) is 5.11. The smallest absolute Gasteiger partial charge is 0.244 e. The van der Waals surface area contributed by atoms with Crippen molar-refractivity contribution in [2.24, 2.45) is 0 Å². The van der Waals surface area contributed by atoms with Gasteiger partial charge in [-0.05, 0) is 63.9 Å². The molecule has 0 spiro atoms. The maximum atomic E-state index is 13.9. The van der Waals surface area contributed by atoms with Crippen LogP contribution in [0.15, 0.2) is 42.5 Å². The van der Waals surface area contributed by atoms with E-state index in [0.29, 0.717) is 23.7 Å². The molecule has 38 heavy (non-hydrogen) atoms. The number of hydrogen-bond donors (Lipinski definition) is 1. The summed E-state index contributed by atoms with van der Waals surface area (Å²) in [6.45, 7) is 8.59. The number of carbonyl (C=O) groups excluding carboxylic acids is 2. The lowest BCUT2D eigenvalue weighted by Gasteiger charge is -2.34. The zero-order chi connectivity index (χ0) is 28.1. The largest absolute Gasteiger partial charge is 0.497 e. The van der Waals surface area contributed by atoms with Gasteiger partial charge in [0.1, 0.15) is 18.3 Å². The Labute approximate surface area is 224 Å². The minimum absolute atomic E-state index is 0.0367. The molecule has 0 aliphatic carbocycles. The van der Waals surface area contributed by atoms with Gasteiger partial charge in [0.2, 0.25) is 28.6 Å². The summed E-state index contributed by atoms with van der Waals surface area (Å²) in [5, 5.41) is 2.95. The number of hydrogen-bond acceptors (Lipinski definition) is 7. The molecular weight excluding hydrogens is 510 g/mol. The molecule has 10 nitrogen and oxygen atoms in total. The average molecular weight is 548 g/mol. The zero-order valence-corrected chi connectivity index (χ0v) is 23.6. The number of benzene rings is 2. The summed E-state index contributed by atoms with van der Waals surface area (Å²) in [6, 6.07) is 11.1. The molecule has 1 aliphatic rings. The number of rotatable bonds is 11. The first-order valence-electron chi connectivity index (χ1n) is 12.5. The number of fused-ring (bicyclic) bond motifs is 1. The minimum atomic E-state index is -3.85. The second-order valence-electron chi connectivity index (χ2n) is 9.98. The highest BCUT2D eigenvalue weighted by Crippen LogP contribution is 2.36. The number of sulfonamides is 1. The molecule has 3 rings (SSSR count). The van der Waals surface area contributed by atoms with Gasteiger partial charge in [0.15, 0.2) is 11.5 Å². The Morgan fingerprint density at radius 2 is 1.71 bits per heavy atom. The summed E-state index contributed by atoms with van der Waals surface area (Å²) < 4.78 is 43.3. The van der Waals surface area contributed by atoms with Crippen molar-refractivity contribution in [3.05, 3.63) is 48.0 Å². The maximum Gasteiger partial charge on any atom is 0.244 e. The Balaban J connectivity index is 1.98. The SMILES string of the molecule is CC[C@H](C(=O)NC(C)(C)C)N(Cc1ccc(OC)cc1)C(=O)CN(c1ccc2c(c1)OCO2)S(=O)(=O)CC. The van der Waals surface area contributed by atoms with E-state index in [1.807, 2.05) is 39.8 Å². The summed E-state index contributed by atoms with van der Waals surface area (Å²) in [5.41, 5.74) is 0.541. The molecule has 0 radical (unpaired) electrons. The number of methoxy groups -OCH3 is 1. The molecule has 208 valence electrons. The minimum Gasteiger partial charge on any atom is -0.497 e. The molecule has 0 aromatic heterocycles. The van der Waals surface area contributed by atoms with Crippen molar-refractivity contribution < 1.29 is 32.2 Å². The van der Waals surface area contributed by atoms with E-state index < -0.39 is 34.1 Å². The van der Waals surface area contributed by atoms with E-state index in [1.54, 1.807) is 37.4 Å². The highest BCUT2D eigenvalue weighted by Gasteiger charge is 2.34. The first-order chi connectivity index (χ1) is 17.9. The van der Waals surface area contributed by atoms with Crippen LogP contribution in [0, 0.1) is 0 Å². The van der Waals surface area contributed by atoms with E-state index >= 15 is 0 Å². The van der Waals surface area contributed by atoms with Gasteiger partial charge in [0.25, 0.3) is 0 Å². The number of ether oxygens (including phenoxy) is 3. The third kappa shape index (κ3) is 7.09. The molecule has 1 atom stereocenters. The van der Waals surface area contributed by atoms with Crippen LogP contribution in [-0.4, -0.2) is 62.9 Å². The van der Waals surface area contributed by atoms with E-state index in [0.717, 1.165) is 9.87 Å². The van der Waals surface area contributed by atoms with Gasteiger partial charge in [0.05, 0.1) is 18.6 Å². The molecule has 1 aliphatic heterocycles. The fourth-order valence-electron chi connectivity index (χ4n) is 4.06. The lowest BCUT2D eigenvalue weighted by Crippen LogP contribution is -2.55. The maximum absolute atomic E-state index is 13.9. The van der Waals surface area contributed by atoms with Crippen LogP contribution in [0.4, 0.5) is 5.69 Å². The van der Waals surface area contributed by atoms with Crippen molar-refractivity contribution >= 4 is 27.5 Å². The normalized spacial score (nSPS) is 13.5. The predicted molar refractivity (Wildman–Crippen MR) is 145 cm³/mol. The third-order valence-corrected chi connectivity index (χ3v) is 7.76. The molecule has 1 N–H and O–H groups in total. The molecule has 0 unspecified atom stereocenters. The van der Waals surface area contributed by atoms with Crippen molar-refractivity contribution in [3.8, 4) is 17.2 Å². The second-order valence-corrected chi connectivity index (χ2v) is 12.2. The highest BCUT2D eigenvalue weighted by molar-refractivity contribution is 7.92. The number of nitrogens with zero attached hydrogens (tertiary/aromatic N) is 2. The quantitative estimate of drug-likeness (QED) is 0.459. The van der Waals surface area contributed by atoms with Crippen molar-refractivity contribution in [2.75, 3.05) is 30.5 Å². The van der Waals surface area contributed by atoms with Gasteiger partial charge in [-0.1, -0.05) is 19.1 Å². The Morgan fingerprint density at radius 3 is 2.29 bits per heavy atom. The van der Waals surface area contributed by atoms with E-state index in [4.69, 9.17) is 14.2 Å². The molecule has 0 saturated carbocycles. The van der Waals surface area contributed by atoms with E-state index in [-0.39, 0.29) is 30.7 Å². The van der Waals surface area contributed by atoms with Gasteiger partial charge in [-0.2, -0.15) is 0 Å². The van der Waals surface area contributed by atoms with Crippen molar-refractivity contribution in [1.29, 1.82) is 0 Å². The van der Waals surface area contributed by atoms with Crippen LogP contribution in [0.25, 0.3) is 0 Å². The van der Waals surface area contributed by atoms with Crippen LogP contribution in [0.1, 0.15) is 46.6 Å². The fraction of sp³-hybridized carbons (Fsp3) is 0.481. The van der Waals surface area contributed by atoms with E-state index in [9.17, 15) is 18.0 Å². The number of carbonyl (C=O) groups is 2. The molecule has 0 fully saturated rings. The van der Waals surface area contributed by atoms with Gasteiger partial charge in [0, 0.05) is 18.2 Å². The van der Waals surface area contributed by atoms with Gasteiger partial charge in [-0.25, -0.2) is 8.42 Å². The number of anilines is 1. The molecular formula is C27H37N3O7S. The Hall–Kier alpha value is -3.47. The van der Waals surface area contributed by atoms with Crippen LogP contribution in [0.2, 0.25) is 0 Å². The Morgan fingerprint density at radius 1 is 1.05 bits per heavy atom. The molecule has 1 heterocycles. The van der Waals surface area contributed by atoms with Crippen LogP contribution < -0.4 is 23.8 Å². The van der Waals surface area contributed by atoms with Gasteiger partial charge < -0.3 is 24.4 Å². The first kappa shape index (κ1) is 29.1. The van der Waals surface area contributed by atoms with Crippen molar-refractivity contribution in [1.82, 2.24) is 10.2 Å². The van der Waals surface area contributed by atoms with Crippen molar-refractivity contribution in [2.45, 2.75) is 59.2 Å². The molecule has 2 aromatic rings. The summed E-state index contributed by atoms with van der Waals surface area (Å²) in [7, 11) is -2.29. The van der Waals surface area contributed by atoms with E-state index in [2.05, 4.69) is 5.32 Å². The number of nitrogens with one attached hydrogen (secondary N) is 1. The Bertz CT molecular complexity index is 1240. The van der Waals surface area contributed by atoms with E-state index in [1.165, 1.54) is 11.8 Å². The lowest BCUT2D eigenvalue weighted by atomic mass is 10.1. The van der Waals surface area contributed by atoms with Gasteiger partial charge in [-0.3, -0.25) is 13.9 Å². The third-order valence-electron chi connectivity index (χ3n) is 6.02. The predicted octanol–water partition coefficient (Wildman–Crippen LogP) is 3.30. The Kier molecular flexibility index (Phi) is 9.14. The molecule has 2 aromatic carbocycles. The highest BCUT2D eigenvalue weighted by atomic mass is 32.2. The molecule has 11 heteroatoms. The lowest BCUT2D eigenvalue weighted by molar-refractivity contribution is -0.141. The molecule has 2 amide bonds. The average Bonchev–Trinajstić information content (AvgIpc) is 3.34. The number of amides is 2. The van der Waals surface area contributed by atoms with Crippen LogP contribution in [-0.2, 0) is 26.2 Å². The van der Waals surface area contributed by atoms with Crippen molar-refractivity contribution in [3.63, 3.8) is 0 Å². The van der Waals surface area contributed by atoms with Gasteiger partial charge >= 0.3 is 0 Å². The standard InChI is InChI=1S/C27H37N3O7S/c1-7-22(26(32)28-27(3,4)5)29(16-19-9-12-21(35-6)13-10-19)25(31)17-30(38(33,34)8-2)20-11-14-23-24(15-20)37-18-36-23/h9-15,22H,7-8,16-18H2,1-6H3,(H,28,32)/t22-/m1/s1. The molecule has 0 bridgehead atoms. The first-order valence-corrected chi connectivity index (χ1v) is 14.1. The monoisotopic (exact) mass is 547 g/mol. The second kappa shape index (κ2) is 11.9. The molecule has 0 saturated heterocycles.